The fraction of sp³-hybridized carbons (Fsp3) is 0.467. The molecule has 2 amide bonds. The highest BCUT2D eigenvalue weighted by atomic mass is 16.4. The van der Waals surface area contributed by atoms with Gasteiger partial charge < -0.3 is 20.4 Å². The number of carboxylic acid groups (broad SMARTS) is 1. The molecule has 1 saturated heterocycles. The van der Waals surface area contributed by atoms with E-state index in [0.29, 0.717) is 31.5 Å². The first-order valence-corrected chi connectivity index (χ1v) is 6.97. The van der Waals surface area contributed by atoms with Crippen molar-refractivity contribution in [3.63, 3.8) is 0 Å². The molecule has 1 unspecified atom stereocenters. The van der Waals surface area contributed by atoms with Crippen LogP contribution in [0.2, 0.25) is 0 Å². The summed E-state index contributed by atoms with van der Waals surface area (Å²) in [5.74, 6) is -1.11. The van der Waals surface area contributed by atoms with Gasteiger partial charge in [-0.15, -0.1) is 0 Å². The molecule has 0 radical (unpaired) electrons. The molecule has 1 aliphatic heterocycles. The van der Waals surface area contributed by atoms with Gasteiger partial charge in [-0.25, -0.2) is 9.59 Å². The minimum Gasteiger partial charge on any atom is -0.479 e. The Balaban J connectivity index is 2.13. The van der Waals surface area contributed by atoms with Crippen LogP contribution in [-0.2, 0) is 10.3 Å². The van der Waals surface area contributed by atoms with Crippen molar-refractivity contribution in [2.45, 2.75) is 31.4 Å². The Morgan fingerprint density at radius 1 is 1.24 bits per heavy atom. The van der Waals surface area contributed by atoms with Gasteiger partial charge >= 0.3 is 12.0 Å². The summed E-state index contributed by atoms with van der Waals surface area (Å²) in [4.78, 5) is 25.4. The van der Waals surface area contributed by atoms with Crippen molar-refractivity contribution in [3.8, 4) is 0 Å². The fourth-order valence-electron chi connectivity index (χ4n) is 2.38. The Morgan fingerprint density at radius 2 is 1.81 bits per heavy atom. The molecule has 1 heterocycles. The number of hydrogen-bond acceptors (Lipinski definition) is 3. The molecule has 114 valence electrons. The predicted molar refractivity (Wildman–Crippen MR) is 76.8 cm³/mol. The van der Waals surface area contributed by atoms with Gasteiger partial charge in [-0.3, -0.25) is 0 Å². The number of carbonyl (C=O) groups excluding carboxylic acids is 1. The molecule has 0 saturated carbocycles. The van der Waals surface area contributed by atoms with Gasteiger partial charge in [0.2, 0.25) is 0 Å². The molecule has 1 aliphatic rings. The number of rotatable bonds is 3. The third kappa shape index (κ3) is 3.33. The number of aliphatic hydroxyl groups is 1. The molecule has 0 aliphatic carbocycles. The number of carboxylic acids is 1. The van der Waals surface area contributed by atoms with Gasteiger partial charge in [-0.1, -0.05) is 30.3 Å². The summed E-state index contributed by atoms with van der Waals surface area (Å²) in [7, 11) is 0. The molecule has 0 aromatic heterocycles. The van der Waals surface area contributed by atoms with E-state index in [1.807, 2.05) is 0 Å². The van der Waals surface area contributed by atoms with Gasteiger partial charge in [0.1, 0.15) is 0 Å². The third-order valence-corrected chi connectivity index (χ3v) is 3.89. The van der Waals surface area contributed by atoms with Crippen molar-refractivity contribution in [2.75, 3.05) is 13.1 Å². The van der Waals surface area contributed by atoms with Crippen LogP contribution in [0.1, 0.15) is 25.3 Å². The van der Waals surface area contributed by atoms with Gasteiger partial charge in [-0.05, 0) is 25.3 Å². The highest BCUT2D eigenvalue weighted by molar-refractivity contribution is 5.87. The molecule has 1 atom stereocenters. The first-order chi connectivity index (χ1) is 9.93. The topological polar surface area (TPSA) is 89.9 Å². The summed E-state index contributed by atoms with van der Waals surface area (Å²) in [6.45, 7) is 2.33. The number of aliphatic hydroxyl groups excluding tert-OH is 1. The molecular weight excluding hydrogens is 272 g/mol. The van der Waals surface area contributed by atoms with E-state index in [0.717, 1.165) is 0 Å². The fourth-order valence-corrected chi connectivity index (χ4v) is 2.38. The van der Waals surface area contributed by atoms with E-state index in [4.69, 9.17) is 0 Å². The van der Waals surface area contributed by atoms with Crippen LogP contribution in [0.4, 0.5) is 4.79 Å². The van der Waals surface area contributed by atoms with E-state index >= 15 is 0 Å². The Hall–Kier alpha value is -2.08. The molecule has 2 rings (SSSR count). The Bertz CT molecular complexity index is 512. The van der Waals surface area contributed by atoms with Crippen molar-refractivity contribution < 1.29 is 19.8 Å². The molecule has 6 heteroatoms. The van der Waals surface area contributed by atoms with Gasteiger partial charge in [0.25, 0.3) is 0 Å². The van der Waals surface area contributed by atoms with Crippen molar-refractivity contribution in [1.82, 2.24) is 10.2 Å². The number of carbonyl (C=O) groups is 2. The van der Waals surface area contributed by atoms with E-state index in [1.165, 1.54) is 11.8 Å². The second-order valence-electron chi connectivity index (χ2n) is 5.44. The van der Waals surface area contributed by atoms with Gasteiger partial charge in [0.15, 0.2) is 5.54 Å². The van der Waals surface area contributed by atoms with Crippen LogP contribution in [0.25, 0.3) is 0 Å². The SMILES string of the molecule is CC(NC(=O)N1CCC(O)CC1)(C(=O)O)c1ccccc1. The highest BCUT2D eigenvalue weighted by Gasteiger charge is 2.38. The van der Waals surface area contributed by atoms with Crippen LogP contribution < -0.4 is 5.32 Å². The molecule has 0 bridgehead atoms. The largest absolute Gasteiger partial charge is 0.479 e. The summed E-state index contributed by atoms with van der Waals surface area (Å²) in [6, 6.07) is 8.19. The maximum atomic E-state index is 12.3. The molecule has 1 fully saturated rings. The van der Waals surface area contributed by atoms with Crippen molar-refractivity contribution in [1.29, 1.82) is 0 Å². The summed E-state index contributed by atoms with van der Waals surface area (Å²) >= 11 is 0. The molecule has 3 N–H and O–H groups in total. The minimum absolute atomic E-state index is 0.381. The van der Waals surface area contributed by atoms with Gasteiger partial charge in [0, 0.05) is 13.1 Å². The molecule has 1 aromatic rings. The van der Waals surface area contributed by atoms with Crippen LogP contribution in [0.3, 0.4) is 0 Å². The zero-order chi connectivity index (χ0) is 15.5. The van der Waals surface area contributed by atoms with Gasteiger partial charge in [0.05, 0.1) is 6.10 Å². The molecule has 21 heavy (non-hydrogen) atoms. The predicted octanol–water partition coefficient (Wildman–Crippen LogP) is 1.15. The van der Waals surface area contributed by atoms with Crippen molar-refractivity contribution in [3.05, 3.63) is 35.9 Å². The maximum absolute atomic E-state index is 12.3. The average molecular weight is 292 g/mol. The van der Waals surface area contributed by atoms with E-state index < -0.39 is 17.5 Å². The first-order valence-electron chi connectivity index (χ1n) is 6.97. The standard InChI is InChI=1S/C15H20N2O4/c1-15(13(19)20,11-5-3-2-4-6-11)16-14(21)17-9-7-12(18)8-10-17/h2-6,12,18H,7-10H2,1H3,(H,16,21)(H,19,20). The lowest BCUT2D eigenvalue weighted by atomic mass is 9.92. The van der Waals surface area contributed by atoms with Crippen LogP contribution >= 0.6 is 0 Å². The zero-order valence-corrected chi connectivity index (χ0v) is 12.0. The minimum atomic E-state index is -1.48. The van der Waals surface area contributed by atoms with Crippen LogP contribution in [0.15, 0.2) is 30.3 Å². The molecule has 6 nitrogen and oxygen atoms in total. The number of hydrogen-bond donors (Lipinski definition) is 3. The normalized spacial score (nSPS) is 18.9. The number of piperidine rings is 1. The third-order valence-electron chi connectivity index (χ3n) is 3.89. The summed E-state index contributed by atoms with van der Waals surface area (Å²) < 4.78 is 0. The Labute approximate surface area is 123 Å². The van der Waals surface area contributed by atoms with E-state index in [-0.39, 0.29) is 6.10 Å². The first kappa shape index (κ1) is 15.3. The van der Waals surface area contributed by atoms with E-state index in [1.54, 1.807) is 30.3 Å². The van der Waals surface area contributed by atoms with E-state index in [2.05, 4.69) is 5.32 Å². The highest BCUT2D eigenvalue weighted by Crippen LogP contribution is 2.22. The average Bonchev–Trinajstić information content (AvgIpc) is 2.48. The number of nitrogens with one attached hydrogen (secondary N) is 1. The molecule has 1 aromatic carbocycles. The Morgan fingerprint density at radius 3 is 2.33 bits per heavy atom. The summed E-state index contributed by atoms with van der Waals surface area (Å²) in [5.41, 5.74) is -0.961. The second kappa shape index (κ2) is 6.13. The number of likely N-dealkylation sites (tertiary alicyclic amines) is 1. The monoisotopic (exact) mass is 292 g/mol. The number of nitrogens with zero attached hydrogens (tertiary/aromatic N) is 1. The lowest BCUT2D eigenvalue weighted by Crippen LogP contribution is -2.55. The second-order valence-corrected chi connectivity index (χ2v) is 5.44. The van der Waals surface area contributed by atoms with Crippen molar-refractivity contribution in [2.24, 2.45) is 0 Å². The molecule has 0 spiro atoms. The summed E-state index contributed by atoms with van der Waals surface area (Å²) in [6.07, 6.45) is 0.652. The van der Waals surface area contributed by atoms with Crippen molar-refractivity contribution >= 4 is 12.0 Å². The van der Waals surface area contributed by atoms with Crippen LogP contribution in [-0.4, -0.2) is 46.3 Å². The van der Waals surface area contributed by atoms with E-state index in [9.17, 15) is 19.8 Å². The maximum Gasteiger partial charge on any atom is 0.333 e. The quantitative estimate of drug-likeness (QED) is 0.779. The number of amides is 2. The van der Waals surface area contributed by atoms with Crippen LogP contribution in [0, 0.1) is 0 Å². The number of benzene rings is 1. The van der Waals surface area contributed by atoms with Crippen LogP contribution in [0.5, 0.6) is 0 Å². The molecular formula is C15H20N2O4. The Kier molecular flexibility index (Phi) is 4.47. The lowest BCUT2D eigenvalue weighted by molar-refractivity contribution is -0.144. The smallest absolute Gasteiger partial charge is 0.333 e. The summed E-state index contributed by atoms with van der Waals surface area (Å²) in [5, 5.41) is 21.6. The number of aliphatic carboxylic acids is 1. The lowest BCUT2D eigenvalue weighted by Gasteiger charge is -2.34. The number of urea groups is 1. The van der Waals surface area contributed by atoms with Gasteiger partial charge in [-0.2, -0.15) is 0 Å². The zero-order valence-electron chi connectivity index (χ0n) is 12.0.